The maximum absolute atomic E-state index is 12.4. The Kier molecular flexibility index (Phi) is 7.91. The zero-order valence-corrected chi connectivity index (χ0v) is 20.9. The number of nitrogens with one attached hydrogen (secondary N) is 2. The number of hydrogen-bond donors (Lipinski definition) is 2. The van der Waals surface area contributed by atoms with Crippen molar-refractivity contribution in [1.82, 2.24) is 10.6 Å². The minimum Gasteiger partial charge on any atom is -0.495 e. The average Bonchev–Trinajstić information content (AvgIpc) is 2.90. The van der Waals surface area contributed by atoms with Crippen molar-refractivity contribution in [3.8, 4) is 22.6 Å². The van der Waals surface area contributed by atoms with Crippen LogP contribution in [0.4, 0.5) is 0 Å². The smallest absolute Gasteiger partial charge is 0.251 e. The Morgan fingerprint density at radius 1 is 0.971 bits per heavy atom. The van der Waals surface area contributed by atoms with Crippen LogP contribution in [-0.2, 0) is 0 Å². The normalized spacial score (nSPS) is 11.8. The number of rotatable bonds is 9. The third-order valence-corrected chi connectivity index (χ3v) is 6.29. The van der Waals surface area contributed by atoms with Crippen LogP contribution in [0, 0.1) is 0 Å². The molecule has 4 aromatic carbocycles. The van der Waals surface area contributed by atoms with Crippen molar-refractivity contribution in [3.63, 3.8) is 0 Å². The van der Waals surface area contributed by atoms with Crippen molar-refractivity contribution in [2.24, 2.45) is 0 Å². The molecule has 0 radical (unpaired) electrons. The van der Waals surface area contributed by atoms with Crippen LogP contribution in [0.15, 0.2) is 78.9 Å². The van der Waals surface area contributed by atoms with Crippen LogP contribution in [0.3, 0.4) is 0 Å². The minimum atomic E-state index is -0.181. The molecular weight excluding hydrogens is 460 g/mol. The molecule has 5 nitrogen and oxygen atoms in total. The van der Waals surface area contributed by atoms with E-state index in [4.69, 9.17) is 21.1 Å². The highest BCUT2D eigenvalue weighted by Crippen LogP contribution is 2.32. The Labute approximate surface area is 211 Å². The lowest BCUT2D eigenvalue weighted by molar-refractivity contribution is 0.0962. The largest absolute Gasteiger partial charge is 0.495 e. The number of halogens is 1. The molecule has 35 heavy (non-hydrogen) atoms. The Morgan fingerprint density at radius 3 is 2.54 bits per heavy atom. The summed E-state index contributed by atoms with van der Waals surface area (Å²) in [6.45, 7) is 3.26. The third-order valence-electron chi connectivity index (χ3n) is 5.99. The van der Waals surface area contributed by atoms with Crippen molar-refractivity contribution < 1.29 is 14.3 Å². The summed E-state index contributed by atoms with van der Waals surface area (Å²) in [6, 6.07) is 26.0. The van der Waals surface area contributed by atoms with Crippen LogP contribution in [0.5, 0.6) is 11.5 Å². The van der Waals surface area contributed by atoms with Gasteiger partial charge in [0.1, 0.15) is 18.1 Å². The SMILES string of the molecule is CNC(=O)c1cc(OCCN[C@H](C)c2cccc3ccccc23)cc(-c2ccc(OC)c(Cl)c2)c1. The highest BCUT2D eigenvalue weighted by Gasteiger charge is 2.12. The summed E-state index contributed by atoms with van der Waals surface area (Å²) in [7, 11) is 3.19. The second-order valence-electron chi connectivity index (χ2n) is 8.27. The maximum Gasteiger partial charge on any atom is 0.251 e. The van der Waals surface area contributed by atoms with Crippen LogP contribution in [0.2, 0.25) is 5.02 Å². The molecule has 0 aromatic heterocycles. The van der Waals surface area contributed by atoms with Gasteiger partial charge in [0.2, 0.25) is 0 Å². The average molecular weight is 489 g/mol. The number of fused-ring (bicyclic) bond motifs is 1. The molecule has 180 valence electrons. The summed E-state index contributed by atoms with van der Waals surface area (Å²) in [5.74, 6) is 1.03. The van der Waals surface area contributed by atoms with E-state index in [9.17, 15) is 4.79 Å². The first kappa shape index (κ1) is 24.6. The molecule has 0 bridgehead atoms. The number of benzene rings is 4. The predicted octanol–water partition coefficient (Wildman–Crippen LogP) is 6.26. The lowest BCUT2D eigenvalue weighted by atomic mass is 10.00. The quantitative estimate of drug-likeness (QED) is 0.273. The van der Waals surface area contributed by atoms with Gasteiger partial charge < -0.3 is 20.1 Å². The van der Waals surface area contributed by atoms with Gasteiger partial charge in [-0.15, -0.1) is 0 Å². The molecule has 1 atom stereocenters. The van der Waals surface area contributed by atoms with Crippen LogP contribution < -0.4 is 20.1 Å². The van der Waals surface area contributed by atoms with Crippen LogP contribution in [-0.4, -0.2) is 33.2 Å². The van der Waals surface area contributed by atoms with Crippen LogP contribution in [0.1, 0.15) is 28.9 Å². The molecule has 0 fully saturated rings. The summed E-state index contributed by atoms with van der Waals surface area (Å²) >= 11 is 6.32. The van der Waals surface area contributed by atoms with E-state index in [-0.39, 0.29) is 11.9 Å². The van der Waals surface area contributed by atoms with Gasteiger partial charge in [-0.25, -0.2) is 0 Å². The molecule has 4 rings (SSSR count). The van der Waals surface area contributed by atoms with E-state index in [1.54, 1.807) is 20.2 Å². The number of amides is 1. The van der Waals surface area contributed by atoms with E-state index < -0.39 is 0 Å². The Balaban J connectivity index is 1.47. The first-order valence-electron chi connectivity index (χ1n) is 11.5. The van der Waals surface area contributed by atoms with E-state index in [1.165, 1.54) is 16.3 Å². The molecule has 0 saturated heterocycles. The lowest BCUT2D eigenvalue weighted by Gasteiger charge is -2.17. The Hall–Kier alpha value is -3.54. The lowest BCUT2D eigenvalue weighted by Crippen LogP contribution is -2.24. The fourth-order valence-electron chi connectivity index (χ4n) is 4.15. The highest BCUT2D eigenvalue weighted by molar-refractivity contribution is 6.32. The van der Waals surface area contributed by atoms with Crippen LogP contribution >= 0.6 is 11.6 Å². The monoisotopic (exact) mass is 488 g/mol. The van der Waals surface area contributed by atoms with Gasteiger partial charge in [0.25, 0.3) is 5.91 Å². The minimum absolute atomic E-state index is 0.166. The zero-order valence-electron chi connectivity index (χ0n) is 20.1. The number of carbonyl (C=O) groups excluding carboxylic acids is 1. The Bertz CT molecular complexity index is 1330. The van der Waals surface area contributed by atoms with Gasteiger partial charge in [0, 0.05) is 25.2 Å². The molecule has 0 aliphatic rings. The molecule has 2 N–H and O–H groups in total. The van der Waals surface area contributed by atoms with Crippen molar-refractivity contribution in [3.05, 3.63) is 95.0 Å². The molecule has 1 amide bonds. The van der Waals surface area contributed by atoms with Gasteiger partial charge in [-0.05, 0) is 64.7 Å². The summed E-state index contributed by atoms with van der Waals surface area (Å²) in [5.41, 5.74) is 3.48. The number of methoxy groups -OCH3 is 1. The fraction of sp³-hybridized carbons (Fsp3) is 0.207. The molecule has 0 heterocycles. The van der Waals surface area contributed by atoms with Gasteiger partial charge in [0.05, 0.1) is 12.1 Å². The second-order valence-corrected chi connectivity index (χ2v) is 8.67. The number of carbonyl (C=O) groups is 1. The first-order valence-corrected chi connectivity index (χ1v) is 11.9. The van der Waals surface area contributed by atoms with E-state index in [0.29, 0.717) is 35.2 Å². The predicted molar refractivity (Wildman–Crippen MR) is 143 cm³/mol. The zero-order chi connectivity index (χ0) is 24.8. The maximum atomic E-state index is 12.4. The standard InChI is InChI=1S/C29H29ClN2O3/c1-19(25-10-6-8-20-7-4-5-9-26(20)25)32-13-14-35-24-16-22(15-23(17-24)29(33)31-2)21-11-12-28(34-3)27(30)18-21/h4-12,15-19,32H,13-14H2,1-3H3,(H,31,33)/t19-/m1/s1. The molecule has 0 saturated carbocycles. The van der Waals surface area contributed by atoms with E-state index in [0.717, 1.165) is 11.1 Å². The summed E-state index contributed by atoms with van der Waals surface area (Å²) in [6.07, 6.45) is 0. The summed E-state index contributed by atoms with van der Waals surface area (Å²) in [4.78, 5) is 12.4. The molecule has 0 aliphatic heterocycles. The fourth-order valence-corrected chi connectivity index (χ4v) is 4.41. The Morgan fingerprint density at radius 2 is 1.77 bits per heavy atom. The van der Waals surface area contributed by atoms with Crippen molar-refractivity contribution >= 4 is 28.3 Å². The van der Waals surface area contributed by atoms with E-state index in [2.05, 4.69) is 60.0 Å². The van der Waals surface area contributed by atoms with Gasteiger partial charge in [-0.1, -0.05) is 60.1 Å². The molecule has 0 unspecified atom stereocenters. The first-order chi connectivity index (χ1) is 17.0. The van der Waals surface area contributed by atoms with E-state index in [1.807, 2.05) is 30.3 Å². The van der Waals surface area contributed by atoms with Gasteiger partial charge in [0.15, 0.2) is 0 Å². The second kappa shape index (κ2) is 11.3. The highest BCUT2D eigenvalue weighted by atomic mass is 35.5. The summed E-state index contributed by atoms with van der Waals surface area (Å²) in [5, 5.41) is 9.20. The van der Waals surface area contributed by atoms with Crippen molar-refractivity contribution in [2.75, 3.05) is 27.3 Å². The number of hydrogen-bond acceptors (Lipinski definition) is 4. The third kappa shape index (κ3) is 5.76. The number of ether oxygens (including phenoxy) is 2. The molecule has 6 heteroatoms. The molecule has 0 spiro atoms. The van der Waals surface area contributed by atoms with E-state index >= 15 is 0 Å². The topological polar surface area (TPSA) is 59.6 Å². The van der Waals surface area contributed by atoms with Gasteiger partial charge >= 0.3 is 0 Å². The molecule has 4 aromatic rings. The molecule has 0 aliphatic carbocycles. The van der Waals surface area contributed by atoms with Crippen molar-refractivity contribution in [1.29, 1.82) is 0 Å². The van der Waals surface area contributed by atoms with Gasteiger partial charge in [-0.2, -0.15) is 0 Å². The summed E-state index contributed by atoms with van der Waals surface area (Å²) < 4.78 is 11.3. The van der Waals surface area contributed by atoms with Crippen LogP contribution in [0.25, 0.3) is 21.9 Å². The molecular formula is C29H29ClN2O3. The van der Waals surface area contributed by atoms with Gasteiger partial charge in [-0.3, -0.25) is 4.79 Å². The van der Waals surface area contributed by atoms with Crippen molar-refractivity contribution in [2.45, 2.75) is 13.0 Å².